The number of carbonyl (C=O) groups is 1. The van der Waals surface area contributed by atoms with Gasteiger partial charge in [0.1, 0.15) is 36.6 Å². The minimum Gasteiger partial charge on any atom is -0.394 e. The third kappa shape index (κ3) is 34.8. The number of ether oxygens (including phenoxy) is 2. The van der Waals surface area contributed by atoms with E-state index in [0.717, 1.165) is 38.5 Å². The lowest BCUT2D eigenvalue weighted by molar-refractivity contribution is -0.303. The average Bonchev–Trinajstić information content (AvgIpc) is 3.33. The van der Waals surface area contributed by atoms with E-state index in [1.165, 1.54) is 193 Å². The van der Waals surface area contributed by atoms with Crippen LogP contribution < -0.4 is 5.32 Å². The first-order valence-electron chi connectivity index (χ1n) is 28.6. The van der Waals surface area contributed by atoms with Crippen molar-refractivity contribution in [3.63, 3.8) is 0 Å². The van der Waals surface area contributed by atoms with Crippen molar-refractivity contribution in [2.45, 2.75) is 326 Å². The van der Waals surface area contributed by atoms with Crippen molar-refractivity contribution in [3.8, 4) is 0 Å². The van der Waals surface area contributed by atoms with Gasteiger partial charge in [0.2, 0.25) is 5.91 Å². The Morgan fingerprint density at radius 1 is 0.507 bits per heavy atom. The standard InChI is InChI=1S/C56H109NO10/c1-3-5-7-9-11-13-15-17-19-21-23-24-26-27-29-31-33-35-37-39-41-43-48(59)51(61)47(46-66-56-54(64)53(63)52(62)50(45-58)67-56)57-55(65)49(60)44-42-40-38-36-34-32-30-28-25-22-20-18-16-14-12-10-8-6-4-2/h35,37,47-54,56,58-64H,3-34,36,38-46H2,1-2H3,(H,57,65)/b37-35+. The molecular weight excluding hydrogens is 847 g/mol. The van der Waals surface area contributed by atoms with Crippen molar-refractivity contribution >= 4 is 5.91 Å². The Morgan fingerprint density at radius 2 is 0.881 bits per heavy atom. The number of aliphatic hydroxyl groups is 7. The zero-order valence-electron chi connectivity index (χ0n) is 43.4. The summed E-state index contributed by atoms with van der Waals surface area (Å²) in [5, 5.41) is 76.1. The Labute approximate surface area is 411 Å². The fourth-order valence-electron chi connectivity index (χ4n) is 9.39. The van der Waals surface area contributed by atoms with Crippen LogP contribution in [0.25, 0.3) is 0 Å². The van der Waals surface area contributed by atoms with Crippen molar-refractivity contribution in [2.24, 2.45) is 0 Å². The molecule has 11 heteroatoms. The van der Waals surface area contributed by atoms with Gasteiger partial charge in [-0.1, -0.05) is 244 Å². The molecule has 0 spiro atoms. The molecular formula is C56H109NO10. The summed E-state index contributed by atoms with van der Waals surface area (Å²) in [6.07, 6.45) is 41.2. The van der Waals surface area contributed by atoms with Gasteiger partial charge in [-0.15, -0.1) is 0 Å². The van der Waals surface area contributed by atoms with Crippen LogP contribution in [0, 0.1) is 0 Å². The lowest BCUT2D eigenvalue weighted by Crippen LogP contribution is -2.60. The fraction of sp³-hybridized carbons (Fsp3) is 0.946. The van der Waals surface area contributed by atoms with Gasteiger partial charge in [-0.2, -0.15) is 0 Å². The van der Waals surface area contributed by atoms with E-state index in [-0.39, 0.29) is 12.8 Å². The van der Waals surface area contributed by atoms with Gasteiger partial charge in [0.25, 0.3) is 0 Å². The molecule has 0 saturated carbocycles. The summed E-state index contributed by atoms with van der Waals surface area (Å²) in [5.41, 5.74) is 0. The maximum Gasteiger partial charge on any atom is 0.249 e. The van der Waals surface area contributed by atoms with Crippen LogP contribution in [0.1, 0.15) is 271 Å². The van der Waals surface area contributed by atoms with E-state index >= 15 is 0 Å². The molecule has 1 saturated heterocycles. The van der Waals surface area contributed by atoms with E-state index in [2.05, 4.69) is 31.3 Å². The molecule has 0 bridgehead atoms. The molecule has 398 valence electrons. The zero-order chi connectivity index (χ0) is 49.0. The summed E-state index contributed by atoms with van der Waals surface area (Å²) in [6.45, 7) is 3.47. The number of aliphatic hydroxyl groups excluding tert-OH is 7. The summed E-state index contributed by atoms with van der Waals surface area (Å²) in [4.78, 5) is 13.2. The second-order valence-corrected chi connectivity index (χ2v) is 20.4. The Kier molecular flexibility index (Phi) is 43.8. The average molecular weight is 956 g/mol. The SMILES string of the molecule is CCCCCCCCCCCCCCCCCC/C=C/CCCC(O)C(O)C(COC1OC(CO)C(O)C(O)C1O)NC(=O)C(O)CCCCCCCCCCCCCCCCCCCCC. The van der Waals surface area contributed by atoms with Crippen LogP contribution in [-0.2, 0) is 14.3 Å². The smallest absolute Gasteiger partial charge is 0.249 e. The minimum absolute atomic E-state index is 0.259. The third-order valence-electron chi connectivity index (χ3n) is 14.1. The second kappa shape index (κ2) is 46.0. The quantitative estimate of drug-likeness (QED) is 0.0215. The van der Waals surface area contributed by atoms with Gasteiger partial charge >= 0.3 is 0 Å². The molecule has 1 heterocycles. The van der Waals surface area contributed by atoms with Gasteiger partial charge in [-0.05, 0) is 38.5 Å². The summed E-state index contributed by atoms with van der Waals surface area (Å²) < 4.78 is 11.1. The van der Waals surface area contributed by atoms with Crippen molar-refractivity contribution in [1.82, 2.24) is 5.32 Å². The molecule has 0 aliphatic carbocycles. The second-order valence-electron chi connectivity index (χ2n) is 20.4. The van der Waals surface area contributed by atoms with E-state index in [9.17, 15) is 40.5 Å². The van der Waals surface area contributed by atoms with Crippen molar-refractivity contribution < 1.29 is 50.0 Å². The highest BCUT2D eigenvalue weighted by atomic mass is 16.7. The van der Waals surface area contributed by atoms with Crippen LogP contribution in [0.4, 0.5) is 0 Å². The topological polar surface area (TPSA) is 189 Å². The molecule has 9 atom stereocenters. The Bertz CT molecular complexity index is 1100. The van der Waals surface area contributed by atoms with Gasteiger partial charge in [0.05, 0.1) is 25.4 Å². The van der Waals surface area contributed by atoms with E-state index in [0.29, 0.717) is 12.8 Å². The molecule has 11 nitrogen and oxygen atoms in total. The zero-order valence-corrected chi connectivity index (χ0v) is 43.4. The van der Waals surface area contributed by atoms with E-state index in [1.807, 2.05) is 0 Å². The predicted molar refractivity (Wildman–Crippen MR) is 275 cm³/mol. The van der Waals surface area contributed by atoms with E-state index in [4.69, 9.17) is 9.47 Å². The highest BCUT2D eigenvalue weighted by molar-refractivity contribution is 5.80. The van der Waals surface area contributed by atoms with Gasteiger partial charge in [-0.25, -0.2) is 0 Å². The summed E-state index contributed by atoms with van der Waals surface area (Å²) in [5.74, 6) is -0.701. The molecule has 1 aliphatic heterocycles. The number of rotatable bonds is 49. The van der Waals surface area contributed by atoms with Gasteiger partial charge < -0.3 is 50.5 Å². The summed E-state index contributed by atoms with van der Waals surface area (Å²) >= 11 is 0. The van der Waals surface area contributed by atoms with Crippen molar-refractivity contribution in [3.05, 3.63) is 12.2 Å². The molecule has 0 aromatic carbocycles. The van der Waals surface area contributed by atoms with Crippen molar-refractivity contribution in [1.29, 1.82) is 0 Å². The molecule has 67 heavy (non-hydrogen) atoms. The van der Waals surface area contributed by atoms with Crippen LogP contribution in [0.2, 0.25) is 0 Å². The number of nitrogens with one attached hydrogen (secondary N) is 1. The van der Waals surface area contributed by atoms with E-state index in [1.54, 1.807) is 0 Å². The number of hydrogen-bond donors (Lipinski definition) is 8. The maximum atomic E-state index is 13.2. The Hall–Kier alpha value is -1.15. The number of allylic oxidation sites excluding steroid dienone is 2. The minimum atomic E-state index is -1.66. The molecule has 1 rings (SSSR count). The van der Waals surface area contributed by atoms with E-state index < -0.39 is 74.2 Å². The number of amides is 1. The highest BCUT2D eigenvalue weighted by Gasteiger charge is 2.44. The molecule has 1 amide bonds. The van der Waals surface area contributed by atoms with Gasteiger partial charge in [-0.3, -0.25) is 4.79 Å². The number of hydrogen-bond acceptors (Lipinski definition) is 10. The van der Waals surface area contributed by atoms with Crippen LogP contribution in [0.5, 0.6) is 0 Å². The lowest BCUT2D eigenvalue weighted by Gasteiger charge is -2.40. The predicted octanol–water partition coefficient (Wildman–Crippen LogP) is 11.6. The molecule has 0 aromatic heterocycles. The highest BCUT2D eigenvalue weighted by Crippen LogP contribution is 2.23. The van der Waals surface area contributed by atoms with Crippen molar-refractivity contribution in [2.75, 3.05) is 13.2 Å². The molecule has 0 aromatic rings. The molecule has 0 radical (unpaired) electrons. The van der Waals surface area contributed by atoms with Crippen LogP contribution in [0.15, 0.2) is 12.2 Å². The molecule has 9 unspecified atom stereocenters. The number of unbranched alkanes of at least 4 members (excludes halogenated alkanes) is 35. The Morgan fingerprint density at radius 3 is 1.28 bits per heavy atom. The monoisotopic (exact) mass is 956 g/mol. The van der Waals surface area contributed by atoms with Crippen LogP contribution in [-0.4, -0.2) is 110 Å². The Balaban J connectivity index is 2.34. The largest absolute Gasteiger partial charge is 0.394 e. The third-order valence-corrected chi connectivity index (χ3v) is 14.1. The summed E-state index contributed by atoms with van der Waals surface area (Å²) in [6, 6.07) is -1.18. The van der Waals surface area contributed by atoms with Gasteiger partial charge in [0, 0.05) is 0 Å². The maximum absolute atomic E-state index is 13.2. The molecule has 1 aliphatic rings. The molecule has 1 fully saturated rings. The first-order chi connectivity index (χ1) is 32.7. The van der Waals surface area contributed by atoms with Crippen LogP contribution >= 0.6 is 0 Å². The summed E-state index contributed by atoms with van der Waals surface area (Å²) in [7, 11) is 0. The normalized spacial score (nSPS) is 20.6. The first-order valence-corrected chi connectivity index (χ1v) is 28.6. The van der Waals surface area contributed by atoms with Gasteiger partial charge in [0.15, 0.2) is 6.29 Å². The first kappa shape index (κ1) is 63.9. The lowest BCUT2D eigenvalue weighted by atomic mass is 9.98. The fourth-order valence-corrected chi connectivity index (χ4v) is 9.39. The van der Waals surface area contributed by atoms with Crippen LogP contribution in [0.3, 0.4) is 0 Å². The number of carbonyl (C=O) groups excluding carboxylic acids is 1. The molecule has 8 N–H and O–H groups in total.